The van der Waals surface area contributed by atoms with Crippen molar-refractivity contribution in [1.29, 1.82) is 0 Å². The van der Waals surface area contributed by atoms with Crippen molar-refractivity contribution in [2.45, 2.75) is 76.8 Å². The van der Waals surface area contributed by atoms with E-state index in [4.69, 9.17) is 5.73 Å². The number of nitrogens with zero attached hydrogens (tertiary/aromatic N) is 1. The molecule has 0 heterocycles. The fraction of sp³-hybridized carbons (Fsp3) is 1.00. The highest BCUT2D eigenvalue weighted by Gasteiger charge is 2.48. The van der Waals surface area contributed by atoms with Crippen molar-refractivity contribution in [2.24, 2.45) is 22.2 Å². The highest BCUT2D eigenvalue weighted by atomic mass is 16.3. The molecule has 0 saturated heterocycles. The second-order valence-corrected chi connectivity index (χ2v) is 6.10. The zero-order valence-electron chi connectivity index (χ0n) is 11.0. The second kappa shape index (κ2) is 5.47. The summed E-state index contributed by atoms with van der Waals surface area (Å²) in [6, 6.07) is 0.289. The SMILES string of the molecule is CCC(N=O)C1(C2CCCC2)CCCC(N)C1. The summed E-state index contributed by atoms with van der Waals surface area (Å²) >= 11 is 0. The van der Waals surface area contributed by atoms with Gasteiger partial charge in [0, 0.05) is 11.5 Å². The molecule has 0 aliphatic heterocycles. The molecule has 2 fully saturated rings. The van der Waals surface area contributed by atoms with Crippen molar-refractivity contribution in [3.05, 3.63) is 4.91 Å². The minimum Gasteiger partial charge on any atom is -0.328 e. The van der Waals surface area contributed by atoms with Crippen LogP contribution in [0.4, 0.5) is 0 Å². The molecule has 3 nitrogen and oxygen atoms in total. The van der Waals surface area contributed by atoms with Gasteiger partial charge >= 0.3 is 0 Å². The summed E-state index contributed by atoms with van der Waals surface area (Å²) in [4.78, 5) is 11.2. The Balaban J connectivity index is 2.22. The van der Waals surface area contributed by atoms with E-state index in [9.17, 15) is 4.91 Å². The Bertz CT molecular complexity index is 263. The number of nitroso groups, excluding NO2 is 1. The maximum Gasteiger partial charge on any atom is 0.0976 e. The van der Waals surface area contributed by atoms with Crippen LogP contribution in [0.15, 0.2) is 5.18 Å². The average Bonchev–Trinajstić information content (AvgIpc) is 2.84. The van der Waals surface area contributed by atoms with Crippen LogP contribution in [0.2, 0.25) is 0 Å². The lowest BCUT2D eigenvalue weighted by Crippen LogP contribution is -2.47. The van der Waals surface area contributed by atoms with Gasteiger partial charge in [-0.25, -0.2) is 0 Å². The van der Waals surface area contributed by atoms with E-state index in [0.717, 1.165) is 19.3 Å². The highest BCUT2D eigenvalue weighted by molar-refractivity contribution is 5.01. The maximum absolute atomic E-state index is 11.2. The minimum absolute atomic E-state index is 0.00282. The largest absolute Gasteiger partial charge is 0.328 e. The van der Waals surface area contributed by atoms with Gasteiger partial charge in [-0.05, 0) is 44.4 Å². The van der Waals surface area contributed by atoms with Crippen LogP contribution in [0.3, 0.4) is 0 Å². The van der Waals surface area contributed by atoms with Crippen LogP contribution >= 0.6 is 0 Å². The summed E-state index contributed by atoms with van der Waals surface area (Å²) in [6.07, 6.45) is 10.6. The first-order chi connectivity index (χ1) is 8.23. The molecule has 98 valence electrons. The molecule has 0 spiro atoms. The highest BCUT2D eigenvalue weighted by Crippen LogP contribution is 2.52. The Morgan fingerprint density at radius 1 is 1.29 bits per heavy atom. The molecule has 0 aromatic carbocycles. The van der Waals surface area contributed by atoms with Gasteiger partial charge in [-0.15, -0.1) is 0 Å². The van der Waals surface area contributed by atoms with Gasteiger partial charge in [-0.3, -0.25) is 0 Å². The average molecular weight is 238 g/mol. The Morgan fingerprint density at radius 3 is 2.53 bits per heavy atom. The summed E-state index contributed by atoms with van der Waals surface area (Å²) in [5.41, 5.74) is 6.32. The topological polar surface area (TPSA) is 55.5 Å². The van der Waals surface area contributed by atoms with Gasteiger partial charge in [0.05, 0.1) is 6.04 Å². The zero-order valence-corrected chi connectivity index (χ0v) is 11.0. The summed E-state index contributed by atoms with van der Waals surface area (Å²) in [5, 5.41) is 3.48. The van der Waals surface area contributed by atoms with Crippen LogP contribution in [0, 0.1) is 16.2 Å². The lowest BCUT2D eigenvalue weighted by molar-refractivity contribution is 0.0544. The standard InChI is InChI=1S/C14H26N2O/c1-2-13(16-17)14(11-6-3-4-7-11)9-5-8-12(15)10-14/h11-13H,2-10,15H2,1H3. The molecule has 3 atom stereocenters. The third-order valence-corrected chi connectivity index (χ3v) is 5.21. The van der Waals surface area contributed by atoms with Gasteiger partial charge in [0.15, 0.2) is 0 Å². The minimum atomic E-state index is -0.00282. The van der Waals surface area contributed by atoms with E-state index in [2.05, 4.69) is 12.1 Å². The normalized spacial score (nSPS) is 36.9. The Hall–Kier alpha value is -0.440. The van der Waals surface area contributed by atoms with E-state index >= 15 is 0 Å². The van der Waals surface area contributed by atoms with Crippen LogP contribution in [0.5, 0.6) is 0 Å². The summed E-state index contributed by atoms with van der Waals surface area (Å²) in [5.74, 6) is 0.705. The lowest BCUT2D eigenvalue weighted by Gasteiger charge is -2.47. The van der Waals surface area contributed by atoms with Crippen molar-refractivity contribution in [1.82, 2.24) is 0 Å². The van der Waals surface area contributed by atoms with Crippen LogP contribution in [-0.2, 0) is 0 Å². The van der Waals surface area contributed by atoms with Gasteiger partial charge in [0.2, 0.25) is 0 Å². The van der Waals surface area contributed by atoms with Crippen LogP contribution in [-0.4, -0.2) is 12.1 Å². The van der Waals surface area contributed by atoms with Gasteiger partial charge < -0.3 is 5.73 Å². The molecule has 0 aromatic heterocycles. The molecule has 3 heteroatoms. The van der Waals surface area contributed by atoms with Crippen molar-refractivity contribution < 1.29 is 0 Å². The van der Waals surface area contributed by atoms with Crippen molar-refractivity contribution in [2.75, 3.05) is 0 Å². The van der Waals surface area contributed by atoms with Gasteiger partial charge in [0.1, 0.15) is 0 Å². The fourth-order valence-electron chi connectivity index (χ4n) is 4.42. The van der Waals surface area contributed by atoms with E-state index < -0.39 is 0 Å². The third-order valence-electron chi connectivity index (χ3n) is 5.21. The summed E-state index contributed by atoms with van der Waals surface area (Å²) in [7, 11) is 0. The van der Waals surface area contributed by atoms with Crippen LogP contribution in [0.25, 0.3) is 0 Å². The maximum atomic E-state index is 11.2. The molecule has 0 bridgehead atoms. The Kier molecular flexibility index (Phi) is 4.18. The van der Waals surface area contributed by atoms with Gasteiger partial charge in [-0.2, -0.15) is 4.91 Å². The molecule has 0 radical (unpaired) electrons. The smallest absolute Gasteiger partial charge is 0.0976 e. The molecule has 17 heavy (non-hydrogen) atoms. The molecule has 0 aromatic rings. The van der Waals surface area contributed by atoms with Crippen molar-refractivity contribution in [3.8, 4) is 0 Å². The molecular formula is C14H26N2O. The van der Waals surface area contributed by atoms with Crippen molar-refractivity contribution in [3.63, 3.8) is 0 Å². The quantitative estimate of drug-likeness (QED) is 0.761. The predicted octanol–water partition coefficient (Wildman–Crippen LogP) is 3.61. The van der Waals surface area contributed by atoms with E-state index in [0.29, 0.717) is 12.0 Å². The first-order valence-electron chi connectivity index (χ1n) is 7.31. The lowest BCUT2D eigenvalue weighted by atomic mass is 9.59. The zero-order chi connectivity index (χ0) is 12.3. The first kappa shape index (κ1) is 13.0. The molecule has 2 saturated carbocycles. The Labute approximate surface area is 105 Å². The molecule has 2 aliphatic carbocycles. The Morgan fingerprint density at radius 2 is 2.00 bits per heavy atom. The van der Waals surface area contributed by atoms with E-state index in [1.807, 2.05) is 0 Å². The molecule has 2 N–H and O–H groups in total. The molecular weight excluding hydrogens is 212 g/mol. The summed E-state index contributed by atoms with van der Waals surface area (Å²) in [6.45, 7) is 2.10. The second-order valence-electron chi connectivity index (χ2n) is 6.10. The van der Waals surface area contributed by atoms with Crippen LogP contribution < -0.4 is 5.73 Å². The van der Waals surface area contributed by atoms with Gasteiger partial charge in [-0.1, -0.05) is 31.4 Å². The van der Waals surface area contributed by atoms with Crippen LogP contribution in [0.1, 0.15) is 64.7 Å². The number of rotatable bonds is 4. The van der Waals surface area contributed by atoms with E-state index in [1.165, 1.54) is 38.5 Å². The molecule has 2 aliphatic rings. The number of hydrogen-bond acceptors (Lipinski definition) is 3. The van der Waals surface area contributed by atoms with Gasteiger partial charge in [0.25, 0.3) is 0 Å². The van der Waals surface area contributed by atoms with E-state index in [-0.39, 0.29) is 11.5 Å². The predicted molar refractivity (Wildman–Crippen MR) is 70.7 cm³/mol. The molecule has 0 amide bonds. The number of hydrogen-bond donors (Lipinski definition) is 1. The fourth-order valence-corrected chi connectivity index (χ4v) is 4.42. The molecule has 2 rings (SSSR count). The van der Waals surface area contributed by atoms with Crippen molar-refractivity contribution >= 4 is 0 Å². The monoisotopic (exact) mass is 238 g/mol. The third kappa shape index (κ3) is 2.40. The number of nitrogens with two attached hydrogens (primary N) is 1. The first-order valence-corrected chi connectivity index (χ1v) is 7.31. The van der Waals surface area contributed by atoms with E-state index in [1.54, 1.807) is 0 Å². The summed E-state index contributed by atoms with van der Waals surface area (Å²) < 4.78 is 0. The molecule has 3 unspecified atom stereocenters.